The topological polar surface area (TPSA) is 35.8 Å². The van der Waals surface area contributed by atoms with Gasteiger partial charge < -0.3 is 14.0 Å². The molecule has 0 unspecified atom stereocenters. The van der Waals surface area contributed by atoms with Crippen LogP contribution in [0.15, 0.2) is 28.6 Å². The van der Waals surface area contributed by atoms with E-state index in [2.05, 4.69) is 21.0 Å². The minimum Gasteiger partial charge on any atom is -0.486 e. The Morgan fingerprint density at radius 1 is 1.22 bits per heavy atom. The average molecular weight is 262 g/mol. The van der Waals surface area contributed by atoms with Gasteiger partial charge in [-0.15, -0.1) is 11.3 Å². The van der Waals surface area contributed by atoms with Crippen LogP contribution < -0.4 is 14.3 Å². The summed E-state index contributed by atoms with van der Waals surface area (Å²) in [4.78, 5) is 5.23. The fraction of sp³-hybridized carbons (Fsp3) is 0.308. The minimum absolute atomic E-state index is 0.613. The molecule has 2 heterocycles. The summed E-state index contributed by atoms with van der Waals surface area (Å²) < 4.78 is 13.2. The Labute approximate surface area is 109 Å². The monoisotopic (exact) mass is 262 g/mol. The van der Waals surface area contributed by atoms with Crippen LogP contribution >= 0.6 is 11.3 Å². The Bertz CT molecular complexity index is 643. The molecule has 0 N–H and O–H groups in total. The molecule has 4 nitrogen and oxygen atoms in total. The molecule has 0 aliphatic carbocycles. The first-order valence-corrected chi connectivity index (χ1v) is 6.65. The van der Waals surface area contributed by atoms with Crippen LogP contribution in [0, 0.1) is 0 Å². The Hall–Kier alpha value is -1.75. The van der Waals surface area contributed by atoms with Crippen molar-refractivity contribution in [2.75, 3.05) is 20.3 Å². The Balaban J connectivity index is 2.09. The summed E-state index contributed by atoms with van der Waals surface area (Å²) >= 11 is 1.63. The molecule has 0 atom stereocenters. The van der Waals surface area contributed by atoms with Crippen LogP contribution in [0.25, 0.3) is 11.3 Å². The fourth-order valence-corrected chi connectivity index (χ4v) is 2.91. The Morgan fingerprint density at radius 2 is 2.00 bits per heavy atom. The van der Waals surface area contributed by atoms with Crippen molar-refractivity contribution in [1.29, 1.82) is 0 Å². The summed E-state index contributed by atoms with van der Waals surface area (Å²) in [5.74, 6) is 1.64. The minimum atomic E-state index is 0.613. The molecule has 3 rings (SSSR count). The maximum Gasteiger partial charge on any atom is 0.184 e. The van der Waals surface area contributed by atoms with Crippen LogP contribution in [0.3, 0.4) is 0 Å². The second-order valence-electron chi connectivity index (χ2n) is 4.04. The van der Waals surface area contributed by atoms with Gasteiger partial charge in [0.25, 0.3) is 0 Å². The molecule has 0 spiro atoms. The molecule has 0 fully saturated rings. The number of ether oxygens (including phenoxy) is 2. The maximum absolute atomic E-state index is 5.60. The van der Waals surface area contributed by atoms with Crippen LogP contribution in [-0.4, -0.2) is 24.8 Å². The van der Waals surface area contributed by atoms with Crippen LogP contribution in [-0.2, 0) is 7.05 Å². The first-order chi connectivity index (χ1) is 8.79. The Morgan fingerprint density at radius 3 is 2.72 bits per heavy atom. The first-order valence-electron chi connectivity index (χ1n) is 5.77. The first kappa shape index (κ1) is 11.3. The smallest absolute Gasteiger partial charge is 0.184 e. The molecule has 0 saturated carbocycles. The lowest BCUT2D eigenvalue weighted by molar-refractivity contribution is 0.171. The highest BCUT2D eigenvalue weighted by molar-refractivity contribution is 7.07. The third kappa shape index (κ3) is 1.80. The van der Waals surface area contributed by atoms with E-state index in [4.69, 9.17) is 9.47 Å². The number of hydrogen-bond donors (Lipinski definition) is 0. The van der Waals surface area contributed by atoms with Crippen molar-refractivity contribution in [3.8, 4) is 22.8 Å². The summed E-state index contributed by atoms with van der Waals surface area (Å²) in [6.45, 7) is 1.24. The number of nitrogens with zero attached hydrogens (tertiary/aromatic N) is 2. The quantitative estimate of drug-likeness (QED) is 0.788. The summed E-state index contributed by atoms with van der Waals surface area (Å²) in [7, 11) is 3.82. The summed E-state index contributed by atoms with van der Waals surface area (Å²) in [6.07, 6.45) is 0. The second kappa shape index (κ2) is 4.49. The maximum atomic E-state index is 5.60. The molecule has 0 saturated heterocycles. The van der Waals surface area contributed by atoms with Gasteiger partial charge in [-0.3, -0.25) is 4.99 Å². The molecule has 1 aromatic heterocycles. The van der Waals surface area contributed by atoms with Gasteiger partial charge in [0.2, 0.25) is 0 Å². The van der Waals surface area contributed by atoms with E-state index in [1.54, 1.807) is 18.4 Å². The number of rotatable bonds is 1. The van der Waals surface area contributed by atoms with Gasteiger partial charge >= 0.3 is 0 Å². The van der Waals surface area contributed by atoms with Gasteiger partial charge in [-0.25, -0.2) is 0 Å². The van der Waals surface area contributed by atoms with Crippen LogP contribution in [0.1, 0.15) is 0 Å². The van der Waals surface area contributed by atoms with Gasteiger partial charge in [-0.2, -0.15) is 0 Å². The van der Waals surface area contributed by atoms with E-state index in [0.29, 0.717) is 13.2 Å². The number of hydrogen-bond acceptors (Lipinski definition) is 4. The van der Waals surface area contributed by atoms with Crippen molar-refractivity contribution in [2.45, 2.75) is 0 Å². The molecule has 0 radical (unpaired) electrons. The largest absolute Gasteiger partial charge is 0.486 e. The number of aromatic nitrogens is 1. The third-order valence-electron chi connectivity index (χ3n) is 2.95. The molecule has 94 valence electrons. The number of fused-ring (bicyclic) bond motifs is 1. The molecular formula is C13H14N2O2S. The van der Waals surface area contributed by atoms with Crippen molar-refractivity contribution in [3.05, 3.63) is 28.4 Å². The van der Waals surface area contributed by atoms with E-state index in [1.165, 1.54) is 0 Å². The Kier molecular flexibility index (Phi) is 2.83. The van der Waals surface area contributed by atoms with Gasteiger partial charge in [0, 0.05) is 25.0 Å². The van der Waals surface area contributed by atoms with E-state index in [0.717, 1.165) is 27.6 Å². The number of benzene rings is 1. The molecule has 0 bridgehead atoms. The third-order valence-corrected chi connectivity index (χ3v) is 3.96. The van der Waals surface area contributed by atoms with Gasteiger partial charge in [0.15, 0.2) is 16.3 Å². The van der Waals surface area contributed by atoms with Crippen LogP contribution in [0.4, 0.5) is 0 Å². The standard InChI is InChI=1S/C13H14N2O2S/c1-14-13-15(2)10(8-18-13)9-3-4-11-12(7-9)17-6-5-16-11/h3-4,7-8H,5-6H2,1-2H3. The van der Waals surface area contributed by atoms with Gasteiger partial charge in [-0.05, 0) is 18.2 Å². The highest BCUT2D eigenvalue weighted by Gasteiger charge is 2.13. The second-order valence-corrected chi connectivity index (χ2v) is 4.88. The molecule has 2 aromatic rings. The van der Waals surface area contributed by atoms with E-state index >= 15 is 0 Å². The lowest BCUT2D eigenvalue weighted by Crippen LogP contribution is -2.15. The van der Waals surface area contributed by atoms with Crippen molar-refractivity contribution in [2.24, 2.45) is 12.0 Å². The summed E-state index contributed by atoms with van der Waals surface area (Å²) in [6, 6.07) is 6.04. The zero-order valence-electron chi connectivity index (χ0n) is 10.3. The van der Waals surface area contributed by atoms with Crippen molar-refractivity contribution in [3.63, 3.8) is 0 Å². The normalized spacial score (nSPS) is 14.9. The molecule has 5 heteroatoms. The predicted molar refractivity (Wildman–Crippen MR) is 71.2 cm³/mol. The molecule has 1 aromatic carbocycles. The van der Waals surface area contributed by atoms with E-state index in [9.17, 15) is 0 Å². The van der Waals surface area contributed by atoms with Gasteiger partial charge in [-0.1, -0.05) is 0 Å². The number of thiazole rings is 1. The van der Waals surface area contributed by atoms with Gasteiger partial charge in [0.1, 0.15) is 13.2 Å². The van der Waals surface area contributed by atoms with Crippen molar-refractivity contribution in [1.82, 2.24) is 4.57 Å². The lowest BCUT2D eigenvalue weighted by atomic mass is 10.1. The predicted octanol–water partition coefficient (Wildman–Crippen LogP) is 2.06. The van der Waals surface area contributed by atoms with E-state index < -0.39 is 0 Å². The zero-order valence-corrected chi connectivity index (χ0v) is 11.2. The summed E-state index contributed by atoms with van der Waals surface area (Å²) in [5.41, 5.74) is 2.26. The van der Waals surface area contributed by atoms with Crippen LogP contribution in [0.2, 0.25) is 0 Å². The lowest BCUT2D eigenvalue weighted by Gasteiger charge is -2.18. The fourth-order valence-electron chi connectivity index (χ4n) is 2.04. The highest BCUT2D eigenvalue weighted by atomic mass is 32.1. The molecular weight excluding hydrogens is 248 g/mol. The molecule has 1 aliphatic heterocycles. The molecule has 1 aliphatic rings. The highest BCUT2D eigenvalue weighted by Crippen LogP contribution is 2.34. The SMILES string of the molecule is CN=c1scc(-c2ccc3c(c2)OCCO3)n1C. The van der Waals surface area contributed by atoms with Crippen LogP contribution in [0.5, 0.6) is 11.5 Å². The van der Waals surface area contributed by atoms with E-state index in [1.807, 2.05) is 19.2 Å². The van der Waals surface area contributed by atoms with E-state index in [-0.39, 0.29) is 0 Å². The average Bonchev–Trinajstić information content (AvgIpc) is 2.79. The van der Waals surface area contributed by atoms with Crippen molar-refractivity contribution < 1.29 is 9.47 Å². The molecule has 0 amide bonds. The zero-order chi connectivity index (χ0) is 12.5. The summed E-state index contributed by atoms with van der Waals surface area (Å²) in [5, 5.41) is 2.10. The molecule has 18 heavy (non-hydrogen) atoms. The van der Waals surface area contributed by atoms with Gasteiger partial charge in [0.05, 0.1) is 5.69 Å². The van der Waals surface area contributed by atoms with Crippen molar-refractivity contribution >= 4 is 11.3 Å².